The van der Waals surface area contributed by atoms with Crippen LogP contribution in [-0.2, 0) is 29.7 Å². The molecule has 2 aliphatic rings. The van der Waals surface area contributed by atoms with Gasteiger partial charge in [0.05, 0.1) is 6.54 Å². The molecular weight excluding hydrogens is 384 g/mol. The molecule has 1 fully saturated rings. The summed E-state index contributed by atoms with van der Waals surface area (Å²) in [5.74, 6) is 0.680. The van der Waals surface area contributed by atoms with E-state index in [9.17, 15) is 8.42 Å². The van der Waals surface area contributed by atoms with Crippen molar-refractivity contribution < 1.29 is 12.8 Å². The van der Waals surface area contributed by atoms with E-state index >= 15 is 0 Å². The van der Waals surface area contributed by atoms with Crippen LogP contribution in [0.4, 0.5) is 0 Å². The number of hydrogen-bond donors (Lipinski definition) is 0. The van der Waals surface area contributed by atoms with Gasteiger partial charge in [0, 0.05) is 26.2 Å². The number of sulfonamides is 1. The van der Waals surface area contributed by atoms with Crippen molar-refractivity contribution in [1.82, 2.24) is 9.21 Å². The summed E-state index contributed by atoms with van der Waals surface area (Å²) in [5, 5.41) is 0.0602. The highest BCUT2D eigenvalue weighted by Crippen LogP contribution is 2.33. The number of hydrogen-bond acceptors (Lipinski definition) is 4. The highest BCUT2D eigenvalue weighted by molar-refractivity contribution is 7.89. The van der Waals surface area contributed by atoms with Gasteiger partial charge in [0.15, 0.2) is 0 Å². The van der Waals surface area contributed by atoms with Gasteiger partial charge in [0.2, 0.25) is 5.09 Å². The number of nitrogens with zero attached hydrogens (tertiary/aromatic N) is 2. The number of furan rings is 1. The summed E-state index contributed by atoms with van der Waals surface area (Å²) in [6.45, 7) is 3.31. The molecule has 2 aliphatic heterocycles. The molecule has 5 nitrogen and oxygen atoms in total. The van der Waals surface area contributed by atoms with E-state index in [0.29, 0.717) is 25.4 Å². The molecule has 0 radical (unpaired) electrons. The minimum atomic E-state index is -3.52. The van der Waals surface area contributed by atoms with Crippen LogP contribution in [0.1, 0.15) is 29.7 Å². The van der Waals surface area contributed by atoms with E-state index in [1.165, 1.54) is 26.6 Å². The third-order valence-corrected chi connectivity index (χ3v) is 7.56. The third kappa shape index (κ3) is 3.52. The van der Waals surface area contributed by atoms with Crippen molar-refractivity contribution in [2.75, 3.05) is 13.1 Å². The maximum Gasteiger partial charge on any atom is 0.276 e. The van der Waals surface area contributed by atoms with Gasteiger partial charge in [0.1, 0.15) is 5.76 Å². The molecule has 150 valence electrons. The molecule has 0 N–H and O–H groups in total. The van der Waals surface area contributed by atoms with Gasteiger partial charge in [-0.05, 0) is 47.2 Å². The first kappa shape index (κ1) is 18.6. The second kappa shape index (κ2) is 7.44. The van der Waals surface area contributed by atoms with Crippen molar-refractivity contribution in [1.29, 1.82) is 0 Å². The molecule has 2 aromatic carbocycles. The Labute approximate surface area is 171 Å². The van der Waals surface area contributed by atoms with Crippen LogP contribution in [0.2, 0.25) is 0 Å². The molecule has 0 unspecified atom stereocenters. The van der Waals surface area contributed by atoms with Crippen molar-refractivity contribution in [2.24, 2.45) is 0 Å². The molecule has 0 spiro atoms. The maximum atomic E-state index is 12.7. The quantitative estimate of drug-likeness (QED) is 0.648. The van der Waals surface area contributed by atoms with Crippen molar-refractivity contribution >= 4 is 10.0 Å². The summed E-state index contributed by atoms with van der Waals surface area (Å²) in [6, 6.07) is 20.4. The summed E-state index contributed by atoms with van der Waals surface area (Å²) in [7, 11) is -3.52. The fraction of sp³-hybridized carbons (Fsp3) is 0.304. The zero-order valence-electron chi connectivity index (χ0n) is 16.3. The van der Waals surface area contributed by atoms with E-state index in [1.807, 2.05) is 0 Å². The molecule has 1 saturated heterocycles. The molecule has 6 heteroatoms. The topological polar surface area (TPSA) is 53.8 Å². The predicted octanol–water partition coefficient (Wildman–Crippen LogP) is 4.25. The Bertz CT molecular complexity index is 1080. The molecule has 29 heavy (non-hydrogen) atoms. The van der Waals surface area contributed by atoms with E-state index in [-0.39, 0.29) is 5.09 Å². The van der Waals surface area contributed by atoms with E-state index in [1.54, 1.807) is 12.1 Å². The SMILES string of the molecule is O=S(=O)(c1ccc(CN2Cc3ccccc3-c3ccccc3C2)o1)N1CCCC1. The van der Waals surface area contributed by atoms with Crippen molar-refractivity contribution in [2.45, 2.75) is 37.6 Å². The Morgan fingerprint density at radius 3 is 2.00 bits per heavy atom. The number of benzene rings is 2. The van der Waals surface area contributed by atoms with Crippen LogP contribution in [0.3, 0.4) is 0 Å². The Kier molecular flexibility index (Phi) is 4.78. The second-order valence-corrected chi connectivity index (χ2v) is 9.66. The largest absolute Gasteiger partial charge is 0.447 e. The van der Waals surface area contributed by atoms with Crippen LogP contribution < -0.4 is 0 Å². The van der Waals surface area contributed by atoms with E-state index in [4.69, 9.17) is 4.42 Å². The van der Waals surface area contributed by atoms with Crippen LogP contribution in [0.15, 0.2) is 70.2 Å². The zero-order chi connectivity index (χ0) is 19.8. The van der Waals surface area contributed by atoms with Crippen LogP contribution in [-0.4, -0.2) is 30.7 Å². The summed E-state index contributed by atoms with van der Waals surface area (Å²) >= 11 is 0. The first-order valence-corrected chi connectivity index (χ1v) is 11.5. The first-order valence-electron chi connectivity index (χ1n) is 10.1. The van der Waals surface area contributed by atoms with Crippen molar-refractivity contribution in [3.63, 3.8) is 0 Å². The van der Waals surface area contributed by atoms with Crippen LogP contribution in [0.25, 0.3) is 11.1 Å². The van der Waals surface area contributed by atoms with Gasteiger partial charge >= 0.3 is 0 Å². The Balaban J connectivity index is 1.41. The van der Waals surface area contributed by atoms with Gasteiger partial charge in [-0.2, -0.15) is 4.31 Å². The average Bonchev–Trinajstić information content (AvgIpc) is 3.39. The monoisotopic (exact) mass is 408 g/mol. The van der Waals surface area contributed by atoms with Crippen molar-refractivity contribution in [3.05, 3.63) is 77.6 Å². The lowest BCUT2D eigenvalue weighted by molar-refractivity contribution is 0.222. The summed E-state index contributed by atoms with van der Waals surface area (Å²) in [6.07, 6.45) is 1.83. The molecule has 0 amide bonds. The Hall–Kier alpha value is -2.41. The van der Waals surface area contributed by atoms with Crippen LogP contribution in [0, 0.1) is 0 Å². The number of fused-ring (bicyclic) bond motifs is 3. The normalized spacial score (nSPS) is 17.7. The van der Waals surface area contributed by atoms with Crippen LogP contribution in [0.5, 0.6) is 0 Å². The van der Waals surface area contributed by atoms with E-state index < -0.39 is 10.0 Å². The van der Waals surface area contributed by atoms with E-state index in [2.05, 4.69) is 53.4 Å². The third-order valence-electron chi connectivity index (χ3n) is 5.79. The van der Waals surface area contributed by atoms with Crippen molar-refractivity contribution in [3.8, 4) is 11.1 Å². The highest BCUT2D eigenvalue weighted by Gasteiger charge is 2.30. The standard InChI is InChI=1S/C23H24N2O3S/c26-29(27,25-13-5-6-14-25)23-12-11-20(28-23)17-24-15-18-7-1-3-9-21(18)22-10-4-2-8-19(22)16-24/h1-4,7-12H,5-6,13-17H2. The first-order chi connectivity index (χ1) is 14.1. The Morgan fingerprint density at radius 2 is 1.38 bits per heavy atom. The van der Waals surface area contributed by atoms with Gasteiger partial charge in [-0.1, -0.05) is 48.5 Å². The van der Waals surface area contributed by atoms with E-state index in [0.717, 1.165) is 25.9 Å². The average molecular weight is 409 g/mol. The maximum absolute atomic E-state index is 12.7. The molecule has 3 aromatic rings. The molecule has 5 rings (SSSR count). The minimum absolute atomic E-state index is 0.0602. The lowest BCUT2D eigenvalue weighted by atomic mass is 9.97. The fourth-order valence-corrected chi connectivity index (χ4v) is 5.80. The molecule has 0 saturated carbocycles. The van der Waals surface area contributed by atoms with Gasteiger partial charge in [-0.3, -0.25) is 4.90 Å². The zero-order valence-corrected chi connectivity index (χ0v) is 17.1. The summed E-state index contributed by atoms with van der Waals surface area (Å²) < 4.78 is 32.8. The number of rotatable bonds is 4. The molecule has 0 aliphatic carbocycles. The Morgan fingerprint density at radius 1 is 0.793 bits per heavy atom. The second-order valence-electron chi connectivity index (χ2n) is 7.79. The molecule has 3 heterocycles. The summed E-state index contributed by atoms with van der Waals surface area (Å²) in [5.41, 5.74) is 5.08. The molecule has 0 bridgehead atoms. The highest BCUT2D eigenvalue weighted by atomic mass is 32.2. The lowest BCUT2D eigenvalue weighted by Gasteiger charge is -2.19. The lowest BCUT2D eigenvalue weighted by Crippen LogP contribution is -2.27. The minimum Gasteiger partial charge on any atom is -0.447 e. The fourth-order valence-electron chi connectivity index (χ4n) is 4.35. The predicted molar refractivity (Wildman–Crippen MR) is 112 cm³/mol. The molecule has 0 atom stereocenters. The summed E-state index contributed by atoms with van der Waals surface area (Å²) in [4.78, 5) is 2.30. The van der Waals surface area contributed by atoms with Gasteiger partial charge < -0.3 is 4.42 Å². The smallest absolute Gasteiger partial charge is 0.276 e. The van der Waals surface area contributed by atoms with Gasteiger partial charge in [-0.15, -0.1) is 0 Å². The van der Waals surface area contributed by atoms with Gasteiger partial charge in [0.25, 0.3) is 10.0 Å². The van der Waals surface area contributed by atoms with Gasteiger partial charge in [-0.25, -0.2) is 8.42 Å². The molecule has 1 aromatic heterocycles. The van der Waals surface area contributed by atoms with Crippen LogP contribution >= 0.6 is 0 Å². The molecular formula is C23H24N2O3S.